The second kappa shape index (κ2) is 6.07. The largest absolute Gasteiger partial charge is 0.478 e. The van der Waals surface area contributed by atoms with Crippen LogP contribution in [-0.2, 0) is 4.74 Å². The monoisotopic (exact) mass is 278 g/mol. The number of rotatable bonds is 4. The first-order valence-electron chi connectivity index (χ1n) is 6.68. The van der Waals surface area contributed by atoms with E-state index in [-0.39, 0.29) is 28.6 Å². The van der Waals surface area contributed by atoms with E-state index in [0.29, 0.717) is 0 Å². The van der Waals surface area contributed by atoms with Crippen LogP contribution in [0.4, 0.5) is 0 Å². The van der Waals surface area contributed by atoms with Crippen LogP contribution >= 0.6 is 0 Å². The van der Waals surface area contributed by atoms with Crippen LogP contribution in [0.2, 0.25) is 0 Å². The van der Waals surface area contributed by atoms with Gasteiger partial charge in [0, 0.05) is 0 Å². The normalized spacial score (nSPS) is 13.1. The maximum atomic E-state index is 12.2. The molecule has 1 aromatic rings. The van der Waals surface area contributed by atoms with Crippen LogP contribution in [0.3, 0.4) is 0 Å². The number of hydrogen-bond acceptors (Lipinski definition) is 3. The topological polar surface area (TPSA) is 63.6 Å². The van der Waals surface area contributed by atoms with Gasteiger partial charge in [0.2, 0.25) is 0 Å². The molecule has 1 atom stereocenters. The van der Waals surface area contributed by atoms with Crippen molar-refractivity contribution < 1.29 is 19.4 Å². The van der Waals surface area contributed by atoms with E-state index >= 15 is 0 Å². The van der Waals surface area contributed by atoms with Crippen molar-refractivity contribution in [2.75, 3.05) is 0 Å². The third kappa shape index (κ3) is 3.83. The number of aromatic carboxylic acids is 1. The number of carboxylic acids is 1. The highest BCUT2D eigenvalue weighted by atomic mass is 16.5. The number of carboxylic acid groups (broad SMARTS) is 1. The van der Waals surface area contributed by atoms with Crippen molar-refractivity contribution >= 4 is 11.9 Å². The molecule has 4 nitrogen and oxygen atoms in total. The lowest BCUT2D eigenvalue weighted by Gasteiger charge is -2.33. The first-order valence-corrected chi connectivity index (χ1v) is 6.68. The maximum Gasteiger partial charge on any atom is 0.339 e. The number of benzene rings is 1. The first kappa shape index (κ1) is 16.2. The van der Waals surface area contributed by atoms with Crippen molar-refractivity contribution in [3.8, 4) is 0 Å². The summed E-state index contributed by atoms with van der Waals surface area (Å²) in [6.07, 6.45) is -0.281. The molecule has 0 aliphatic carbocycles. The molecule has 0 fully saturated rings. The summed E-state index contributed by atoms with van der Waals surface area (Å²) < 4.78 is 5.55. The summed E-state index contributed by atoms with van der Waals surface area (Å²) in [5.41, 5.74) is -0.147. The molecule has 0 radical (unpaired) electrons. The fraction of sp³-hybridized carbons (Fsp3) is 0.500. The Bertz CT molecular complexity index is 497. The zero-order valence-corrected chi connectivity index (χ0v) is 12.6. The Kier molecular flexibility index (Phi) is 4.93. The van der Waals surface area contributed by atoms with Gasteiger partial charge in [-0.25, -0.2) is 9.59 Å². The lowest BCUT2D eigenvalue weighted by atomic mass is 9.82. The van der Waals surface area contributed by atoms with Gasteiger partial charge in [-0.1, -0.05) is 46.8 Å². The second-order valence-corrected chi connectivity index (χ2v) is 6.29. The highest BCUT2D eigenvalue weighted by Gasteiger charge is 2.32. The molecule has 0 aliphatic heterocycles. The Morgan fingerprint density at radius 1 is 1.10 bits per heavy atom. The summed E-state index contributed by atoms with van der Waals surface area (Å²) in [4.78, 5) is 23.4. The number of carbonyl (C=O) groups excluding carboxylic acids is 1. The van der Waals surface area contributed by atoms with Gasteiger partial charge in [-0.05, 0) is 23.5 Å². The maximum absolute atomic E-state index is 12.2. The van der Waals surface area contributed by atoms with Gasteiger partial charge in [-0.2, -0.15) is 0 Å². The zero-order chi connectivity index (χ0) is 15.5. The summed E-state index contributed by atoms with van der Waals surface area (Å²) in [5, 5.41) is 9.11. The van der Waals surface area contributed by atoms with Crippen LogP contribution in [0.25, 0.3) is 0 Å². The number of carbonyl (C=O) groups is 2. The van der Waals surface area contributed by atoms with Crippen molar-refractivity contribution in [3.05, 3.63) is 35.4 Å². The van der Waals surface area contributed by atoms with Crippen LogP contribution in [0.15, 0.2) is 24.3 Å². The Balaban J connectivity index is 3.05. The molecule has 0 spiro atoms. The Labute approximate surface area is 119 Å². The SMILES string of the molecule is CC(C)C(OC(=O)c1ccccc1C(=O)O)C(C)(C)C. The molecule has 1 rings (SSSR count). The summed E-state index contributed by atoms with van der Waals surface area (Å²) in [7, 11) is 0. The van der Waals surface area contributed by atoms with Crippen molar-refractivity contribution in [1.29, 1.82) is 0 Å². The predicted molar refractivity (Wildman–Crippen MR) is 76.9 cm³/mol. The van der Waals surface area contributed by atoms with Gasteiger partial charge in [0.05, 0.1) is 11.1 Å². The number of ether oxygens (including phenoxy) is 1. The van der Waals surface area contributed by atoms with Gasteiger partial charge in [0.1, 0.15) is 6.10 Å². The van der Waals surface area contributed by atoms with Crippen LogP contribution in [0, 0.1) is 11.3 Å². The third-order valence-electron chi connectivity index (χ3n) is 3.07. The summed E-state index contributed by atoms with van der Waals surface area (Å²) in [6, 6.07) is 6.10. The summed E-state index contributed by atoms with van der Waals surface area (Å²) in [6.45, 7) is 9.94. The molecule has 0 bridgehead atoms. The smallest absolute Gasteiger partial charge is 0.339 e. The average molecular weight is 278 g/mol. The minimum atomic E-state index is -1.13. The molecule has 1 aromatic carbocycles. The van der Waals surface area contributed by atoms with Gasteiger partial charge in [0.15, 0.2) is 0 Å². The van der Waals surface area contributed by atoms with Gasteiger partial charge in [-0.3, -0.25) is 0 Å². The Morgan fingerprint density at radius 2 is 1.60 bits per heavy atom. The van der Waals surface area contributed by atoms with Crippen molar-refractivity contribution in [2.45, 2.75) is 40.7 Å². The molecule has 1 N–H and O–H groups in total. The Hall–Kier alpha value is -1.84. The molecule has 4 heteroatoms. The molecule has 20 heavy (non-hydrogen) atoms. The number of esters is 1. The molecule has 0 aliphatic rings. The molecule has 0 aromatic heterocycles. The van der Waals surface area contributed by atoms with Gasteiger partial charge in [0.25, 0.3) is 0 Å². The lowest BCUT2D eigenvalue weighted by molar-refractivity contribution is -0.0224. The quantitative estimate of drug-likeness (QED) is 0.854. The van der Waals surface area contributed by atoms with Crippen LogP contribution in [-0.4, -0.2) is 23.1 Å². The van der Waals surface area contributed by atoms with Crippen molar-refractivity contribution in [3.63, 3.8) is 0 Å². The van der Waals surface area contributed by atoms with E-state index in [2.05, 4.69) is 0 Å². The van der Waals surface area contributed by atoms with E-state index in [4.69, 9.17) is 9.84 Å². The average Bonchev–Trinajstić information content (AvgIpc) is 2.33. The van der Waals surface area contributed by atoms with Crippen molar-refractivity contribution in [2.24, 2.45) is 11.3 Å². The molecule has 0 saturated carbocycles. The zero-order valence-electron chi connectivity index (χ0n) is 12.6. The highest BCUT2D eigenvalue weighted by molar-refractivity contribution is 6.02. The predicted octanol–water partition coefficient (Wildman–Crippen LogP) is 3.61. The minimum Gasteiger partial charge on any atom is -0.478 e. The van der Waals surface area contributed by atoms with E-state index in [9.17, 15) is 9.59 Å². The molecule has 0 amide bonds. The van der Waals surface area contributed by atoms with Crippen LogP contribution in [0.5, 0.6) is 0 Å². The molecule has 0 heterocycles. The van der Waals surface area contributed by atoms with Gasteiger partial charge >= 0.3 is 11.9 Å². The summed E-state index contributed by atoms with van der Waals surface area (Å²) in [5.74, 6) is -1.57. The van der Waals surface area contributed by atoms with E-state index in [1.165, 1.54) is 12.1 Å². The molecule has 110 valence electrons. The van der Waals surface area contributed by atoms with E-state index in [0.717, 1.165) is 0 Å². The number of hydrogen-bond donors (Lipinski definition) is 1. The fourth-order valence-electron chi connectivity index (χ4n) is 2.34. The first-order chi connectivity index (χ1) is 9.14. The van der Waals surface area contributed by atoms with E-state index < -0.39 is 11.9 Å². The standard InChI is InChI=1S/C16H22O4/c1-10(2)13(16(3,4)5)20-15(19)12-9-7-6-8-11(12)14(17)18/h6-10,13H,1-5H3,(H,17,18). The highest BCUT2D eigenvalue weighted by Crippen LogP contribution is 2.29. The van der Waals surface area contributed by atoms with Gasteiger partial charge < -0.3 is 9.84 Å². The second-order valence-electron chi connectivity index (χ2n) is 6.29. The Morgan fingerprint density at radius 3 is 2.00 bits per heavy atom. The van der Waals surface area contributed by atoms with E-state index in [1.807, 2.05) is 34.6 Å². The van der Waals surface area contributed by atoms with Gasteiger partial charge in [-0.15, -0.1) is 0 Å². The fourth-order valence-corrected chi connectivity index (χ4v) is 2.34. The summed E-state index contributed by atoms with van der Waals surface area (Å²) >= 11 is 0. The molecular weight excluding hydrogens is 256 g/mol. The lowest BCUT2D eigenvalue weighted by Crippen LogP contribution is -2.36. The van der Waals surface area contributed by atoms with Crippen LogP contribution in [0.1, 0.15) is 55.3 Å². The third-order valence-corrected chi connectivity index (χ3v) is 3.07. The molecule has 0 saturated heterocycles. The van der Waals surface area contributed by atoms with E-state index in [1.54, 1.807) is 12.1 Å². The van der Waals surface area contributed by atoms with Crippen molar-refractivity contribution in [1.82, 2.24) is 0 Å². The molecule has 1 unspecified atom stereocenters. The minimum absolute atomic E-state index is 0.0334. The van der Waals surface area contributed by atoms with Crippen LogP contribution < -0.4 is 0 Å². The molecular formula is C16H22O4.